The summed E-state index contributed by atoms with van der Waals surface area (Å²) in [4.78, 5) is 19.9. The molecule has 30 heavy (non-hydrogen) atoms. The fourth-order valence-electron chi connectivity index (χ4n) is 4.98. The molecule has 0 N–H and O–H groups in total. The molecule has 5 rings (SSSR count). The molecule has 3 aromatic rings. The number of fused-ring (bicyclic) bond motifs is 1. The van der Waals surface area contributed by atoms with Gasteiger partial charge >= 0.3 is 0 Å². The number of piperidine rings is 1. The van der Waals surface area contributed by atoms with E-state index in [2.05, 4.69) is 45.5 Å². The Hall–Kier alpha value is -2.43. The Morgan fingerprint density at radius 1 is 0.867 bits per heavy atom. The van der Waals surface area contributed by atoms with Crippen LogP contribution in [0.1, 0.15) is 40.3 Å². The van der Waals surface area contributed by atoms with Crippen molar-refractivity contribution < 1.29 is 4.79 Å². The molecular weight excluding hydrogens is 388 g/mol. The van der Waals surface area contributed by atoms with Crippen molar-refractivity contribution in [1.29, 1.82) is 0 Å². The van der Waals surface area contributed by atoms with Crippen molar-refractivity contribution in [3.63, 3.8) is 0 Å². The van der Waals surface area contributed by atoms with Gasteiger partial charge in [-0.15, -0.1) is 11.3 Å². The number of likely N-dealkylation sites (tertiary alicyclic amines) is 1. The van der Waals surface area contributed by atoms with E-state index in [4.69, 9.17) is 0 Å². The van der Waals surface area contributed by atoms with Crippen LogP contribution in [0.4, 0.5) is 0 Å². The first-order valence-corrected chi connectivity index (χ1v) is 11.9. The van der Waals surface area contributed by atoms with Crippen LogP contribution in [0, 0.1) is 0 Å². The molecule has 0 saturated carbocycles. The third-order valence-electron chi connectivity index (χ3n) is 6.64. The van der Waals surface area contributed by atoms with Crippen LogP contribution in [-0.2, 0) is 17.8 Å². The smallest absolute Gasteiger partial charge is 0.234 e. The molecule has 1 saturated heterocycles. The van der Waals surface area contributed by atoms with Gasteiger partial charge in [-0.25, -0.2) is 0 Å². The Bertz CT molecular complexity index is 937. The van der Waals surface area contributed by atoms with Gasteiger partial charge in [-0.1, -0.05) is 60.7 Å². The van der Waals surface area contributed by atoms with E-state index in [0.29, 0.717) is 6.04 Å². The number of rotatable bonds is 4. The van der Waals surface area contributed by atoms with Crippen LogP contribution in [0.25, 0.3) is 0 Å². The minimum Gasteiger partial charge on any atom is -0.342 e. The van der Waals surface area contributed by atoms with Crippen molar-refractivity contribution in [2.24, 2.45) is 0 Å². The van der Waals surface area contributed by atoms with Gasteiger partial charge in [0.15, 0.2) is 0 Å². The van der Waals surface area contributed by atoms with Crippen LogP contribution in [0.5, 0.6) is 0 Å². The molecule has 2 aliphatic rings. The van der Waals surface area contributed by atoms with Crippen LogP contribution in [0.2, 0.25) is 0 Å². The topological polar surface area (TPSA) is 23.6 Å². The quantitative estimate of drug-likeness (QED) is 0.602. The average molecular weight is 417 g/mol. The SMILES string of the molecule is O=C(C(c1ccccc1)c1ccccc1)N1CCC(N2CCc3sccc3C2)CC1. The zero-order chi connectivity index (χ0) is 20.3. The summed E-state index contributed by atoms with van der Waals surface area (Å²) >= 11 is 1.90. The number of carbonyl (C=O) groups is 1. The Balaban J connectivity index is 1.28. The van der Waals surface area contributed by atoms with Crippen LogP contribution < -0.4 is 0 Å². The lowest BCUT2D eigenvalue weighted by molar-refractivity contribution is -0.133. The first-order chi connectivity index (χ1) is 14.8. The molecule has 2 aromatic carbocycles. The van der Waals surface area contributed by atoms with E-state index in [1.807, 2.05) is 47.7 Å². The summed E-state index contributed by atoms with van der Waals surface area (Å²) in [6.07, 6.45) is 3.32. The second kappa shape index (κ2) is 8.75. The summed E-state index contributed by atoms with van der Waals surface area (Å²) in [6, 6.07) is 23.3. The van der Waals surface area contributed by atoms with E-state index in [9.17, 15) is 4.79 Å². The van der Waals surface area contributed by atoms with Gasteiger partial charge in [-0.3, -0.25) is 9.69 Å². The molecule has 0 radical (unpaired) electrons. The molecule has 4 heteroatoms. The van der Waals surface area contributed by atoms with Gasteiger partial charge in [0.2, 0.25) is 5.91 Å². The fourth-order valence-corrected chi connectivity index (χ4v) is 5.87. The maximum Gasteiger partial charge on any atom is 0.234 e. The van der Waals surface area contributed by atoms with Gasteiger partial charge in [0.05, 0.1) is 5.92 Å². The third-order valence-corrected chi connectivity index (χ3v) is 7.67. The van der Waals surface area contributed by atoms with Gasteiger partial charge in [-0.05, 0) is 47.4 Å². The molecular formula is C26H28N2OS. The van der Waals surface area contributed by atoms with Crippen molar-refractivity contribution in [2.45, 2.75) is 37.8 Å². The number of benzene rings is 2. The highest BCUT2D eigenvalue weighted by molar-refractivity contribution is 7.10. The molecule has 1 fully saturated rings. The predicted octanol–water partition coefficient (Wildman–Crippen LogP) is 4.93. The van der Waals surface area contributed by atoms with Crippen molar-refractivity contribution in [2.75, 3.05) is 19.6 Å². The van der Waals surface area contributed by atoms with E-state index in [0.717, 1.165) is 50.1 Å². The summed E-state index contributed by atoms with van der Waals surface area (Å²) in [7, 11) is 0. The summed E-state index contributed by atoms with van der Waals surface area (Å²) in [6.45, 7) is 3.94. The van der Waals surface area contributed by atoms with E-state index in [1.54, 1.807) is 4.88 Å². The highest BCUT2D eigenvalue weighted by Crippen LogP contribution is 2.31. The molecule has 0 aliphatic carbocycles. The highest BCUT2D eigenvalue weighted by atomic mass is 32.1. The summed E-state index contributed by atoms with van der Waals surface area (Å²) in [5, 5.41) is 2.22. The molecule has 3 heterocycles. The van der Waals surface area contributed by atoms with E-state index in [1.165, 1.54) is 12.0 Å². The monoisotopic (exact) mass is 416 g/mol. The molecule has 3 nitrogen and oxygen atoms in total. The number of nitrogens with zero attached hydrogens (tertiary/aromatic N) is 2. The largest absolute Gasteiger partial charge is 0.342 e. The summed E-state index contributed by atoms with van der Waals surface area (Å²) in [5.74, 6) is 0.0249. The lowest BCUT2D eigenvalue weighted by atomic mass is 9.89. The van der Waals surface area contributed by atoms with Crippen LogP contribution >= 0.6 is 11.3 Å². The molecule has 1 amide bonds. The Labute approximate surface area is 183 Å². The first-order valence-electron chi connectivity index (χ1n) is 11.0. The average Bonchev–Trinajstić information content (AvgIpc) is 3.29. The summed E-state index contributed by atoms with van der Waals surface area (Å²) in [5.41, 5.74) is 3.67. The van der Waals surface area contributed by atoms with Crippen molar-refractivity contribution in [3.8, 4) is 0 Å². The minimum atomic E-state index is -0.215. The number of hydrogen-bond acceptors (Lipinski definition) is 3. The number of amides is 1. The van der Waals surface area contributed by atoms with Gasteiger partial charge in [0.25, 0.3) is 0 Å². The molecule has 154 valence electrons. The molecule has 0 bridgehead atoms. The van der Waals surface area contributed by atoms with Crippen molar-refractivity contribution in [3.05, 3.63) is 93.7 Å². The van der Waals surface area contributed by atoms with E-state index in [-0.39, 0.29) is 11.8 Å². The van der Waals surface area contributed by atoms with Crippen LogP contribution in [-0.4, -0.2) is 41.4 Å². The maximum atomic E-state index is 13.6. The number of hydrogen-bond donors (Lipinski definition) is 0. The fraction of sp³-hybridized carbons (Fsp3) is 0.346. The summed E-state index contributed by atoms with van der Waals surface area (Å²) < 4.78 is 0. The predicted molar refractivity (Wildman–Crippen MR) is 123 cm³/mol. The molecule has 0 atom stereocenters. The molecule has 0 unspecified atom stereocenters. The zero-order valence-electron chi connectivity index (χ0n) is 17.2. The third kappa shape index (κ3) is 3.94. The number of carbonyl (C=O) groups excluding carboxylic acids is 1. The standard InChI is InChI=1S/C26H28N2OS/c29-26(25(20-7-3-1-4-8-20)21-9-5-2-6-10-21)27-15-11-23(12-16-27)28-17-13-24-22(19-28)14-18-30-24/h1-10,14,18,23,25H,11-13,15-17,19H2. The van der Waals surface area contributed by atoms with Gasteiger partial charge < -0.3 is 4.90 Å². The second-order valence-electron chi connectivity index (χ2n) is 8.40. The Kier molecular flexibility index (Phi) is 5.69. The van der Waals surface area contributed by atoms with Crippen molar-refractivity contribution >= 4 is 17.2 Å². The van der Waals surface area contributed by atoms with Crippen LogP contribution in [0.3, 0.4) is 0 Å². The number of thiophene rings is 1. The van der Waals surface area contributed by atoms with E-state index < -0.39 is 0 Å². The zero-order valence-corrected chi connectivity index (χ0v) is 18.1. The highest BCUT2D eigenvalue weighted by Gasteiger charge is 2.33. The first kappa shape index (κ1) is 19.5. The van der Waals surface area contributed by atoms with Crippen LogP contribution in [0.15, 0.2) is 72.1 Å². The minimum absolute atomic E-state index is 0.215. The van der Waals surface area contributed by atoms with Crippen molar-refractivity contribution in [1.82, 2.24) is 9.80 Å². The Morgan fingerprint density at radius 2 is 1.50 bits per heavy atom. The Morgan fingerprint density at radius 3 is 2.13 bits per heavy atom. The molecule has 1 aromatic heterocycles. The van der Waals surface area contributed by atoms with Gasteiger partial charge in [0, 0.05) is 37.1 Å². The maximum absolute atomic E-state index is 13.6. The lowest BCUT2D eigenvalue weighted by Gasteiger charge is -2.41. The van der Waals surface area contributed by atoms with E-state index >= 15 is 0 Å². The molecule has 0 spiro atoms. The molecule has 2 aliphatic heterocycles. The second-order valence-corrected chi connectivity index (χ2v) is 9.40. The normalized spacial score (nSPS) is 17.8. The lowest BCUT2D eigenvalue weighted by Crippen LogP contribution is -2.49. The van der Waals surface area contributed by atoms with Gasteiger partial charge in [0.1, 0.15) is 0 Å². The van der Waals surface area contributed by atoms with Gasteiger partial charge in [-0.2, -0.15) is 0 Å².